The van der Waals surface area contributed by atoms with Crippen LogP contribution in [-0.4, -0.2) is 29.0 Å². The van der Waals surface area contributed by atoms with Gasteiger partial charge in [0.1, 0.15) is 5.01 Å². The summed E-state index contributed by atoms with van der Waals surface area (Å²) in [4.78, 5) is 12.7. The molecule has 0 aliphatic carbocycles. The van der Waals surface area contributed by atoms with Gasteiger partial charge in [0, 0.05) is 35.8 Å². The Morgan fingerprint density at radius 3 is 2.50 bits per heavy atom. The van der Waals surface area contributed by atoms with Crippen LogP contribution in [0.3, 0.4) is 0 Å². The Morgan fingerprint density at radius 2 is 1.83 bits per heavy atom. The van der Waals surface area contributed by atoms with Crippen LogP contribution in [0.15, 0.2) is 46.1 Å². The molecule has 2 heterocycles. The average Bonchev–Trinajstić information content (AvgIpc) is 3.36. The van der Waals surface area contributed by atoms with Crippen molar-refractivity contribution in [3.8, 4) is 10.6 Å². The molecule has 0 unspecified atom stereocenters. The highest BCUT2D eigenvalue weighted by atomic mass is 127. The van der Waals surface area contributed by atoms with E-state index < -0.39 is 11.9 Å². The summed E-state index contributed by atoms with van der Waals surface area (Å²) in [6, 6.07) is 9.94. The molecule has 162 valence electrons. The molecule has 2 aromatic heterocycles. The van der Waals surface area contributed by atoms with Crippen molar-refractivity contribution in [3.63, 3.8) is 0 Å². The Labute approximate surface area is 197 Å². The van der Waals surface area contributed by atoms with Gasteiger partial charge in [-0.25, -0.2) is 15.0 Å². The molecule has 5 nitrogen and oxygen atoms in total. The van der Waals surface area contributed by atoms with E-state index in [9.17, 15) is 13.2 Å². The van der Waals surface area contributed by atoms with Crippen LogP contribution in [0.2, 0.25) is 0 Å². The third-order valence-corrected chi connectivity index (χ3v) is 5.64. The second-order valence-corrected chi connectivity index (χ2v) is 7.81. The highest BCUT2D eigenvalue weighted by molar-refractivity contribution is 14.0. The van der Waals surface area contributed by atoms with Crippen molar-refractivity contribution in [2.45, 2.75) is 26.1 Å². The normalized spacial score (nSPS) is 11.8. The fourth-order valence-electron chi connectivity index (χ4n) is 2.44. The van der Waals surface area contributed by atoms with Crippen molar-refractivity contribution in [2.24, 2.45) is 4.99 Å². The summed E-state index contributed by atoms with van der Waals surface area (Å²) in [7, 11) is 0. The Kier molecular flexibility index (Phi) is 9.49. The maximum Gasteiger partial charge on any atom is 0.434 e. The van der Waals surface area contributed by atoms with E-state index in [1.807, 2.05) is 42.6 Å². The van der Waals surface area contributed by atoms with E-state index in [0.717, 1.165) is 33.0 Å². The second-order valence-electron chi connectivity index (χ2n) is 6.01. The van der Waals surface area contributed by atoms with Crippen molar-refractivity contribution < 1.29 is 13.2 Å². The van der Waals surface area contributed by atoms with E-state index in [4.69, 9.17) is 0 Å². The van der Waals surface area contributed by atoms with Crippen molar-refractivity contribution in [3.05, 3.63) is 57.5 Å². The zero-order valence-corrected chi connectivity index (χ0v) is 20.0. The van der Waals surface area contributed by atoms with E-state index in [-0.39, 0.29) is 24.0 Å². The number of halogens is 4. The average molecular weight is 567 g/mol. The third kappa shape index (κ3) is 7.20. The van der Waals surface area contributed by atoms with E-state index in [0.29, 0.717) is 37.0 Å². The maximum absolute atomic E-state index is 12.6. The summed E-state index contributed by atoms with van der Waals surface area (Å²) in [5, 5.41) is 10.6. The van der Waals surface area contributed by atoms with Crippen LogP contribution < -0.4 is 10.6 Å². The summed E-state index contributed by atoms with van der Waals surface area (Å²) in [5.74, 6) is 0.592. The standard InChI is InChI=1S/C19H20F3N5S2.HI/c1-2-23-18(24-9-8-16-27-15(12-28-16)19(20,21)22)25-10-14-11-29-17(26-14)13-6-4-3-5-7-13;/h3-7,11-12H,2,8-10H2,1H3,(H2,23,24,25);1H. The Balaban J connectivity index is 0.00000320. The molecule has 0 saturated heterocycles. The predicted octanol–water partition coefficient (Wildman–Crippen LogP) is 5.20. The summed E-state index contributed by atoms with van der Waals surface area (Å²) in [5.41, 5.74) is 1.09. The lowest BCUT2D eigenvalue weighted by atomic mass is 10.2. The number of nitrogens with one attached hydrogen (secondary N) is 2. The van der Waals surface area contributed by atoms with Crippen LogP contribution in [-0.2, 0) is 19.1 Å². The molecule has 0 aliphatic rings. The Hall–Kier alpha value is -1.73. The van der Waals surface area contributed by atoms with Gasteiger partial charge in [0.25, 0.3) is 0 Å². The molecule has 0 radical (unpaired) electrons. The second kappa shape index (κ2) is 11.6. The van der Waals surface area contributed by atoms with E-state index in [1.165, 1.54) is 0 Å². The van der Waals surface area contributed by atoms with E-state index in [1.54, 1.807) is 11.3 Å². The van der Waals surface area contributed by atoms with Crippen LogP contribution in [0.5, 0.6) is 0 Å². The van der Waals surface area contributed by atoms with Crippen LogP contribution in [0.25, 0.3) is 10.6 Å². The Morgan fingerprint density at radius 1 is 1.07 bits per heavy atom. The summed E-state index contributed by atoms with van der Waals surface area (Å²) < 4.78 is 37.9. The lowest BCUT2D eigenvalue weighted by Crippen LogP contribution is -2.38. The van der Waals surface area contributed by atoms with Crippen LogP contribution in [0.1, 0.15) is 23.3 Å². The van der Waals surface area contributed by atoms with Crippen LogP contribution in [0, 0.1) is 0 Å². The summed E-state index contributed by atoms with van der Waals surface area (Å²) >= 11 is 2.58. The molecule has 0 spiro atoms. The highest BCUT2D eigenvalue weighted by Crippen LogP contribution is 2.30. The molecular formula is C19H21F3IN5S2. The minimum atomic E-state index is -4.40. The van der Waals surface area contributed by atoms with Gasteiger partial charge in [0.15, 0.2) is 11.7 Å². The van der Waals surface area contributed by atoms with Crippen molar-refractivity contribution >= 4 is 52.6 Å². The predicted molar refractivity (Wildman–Crippen MR) is 127 cm³/mol. The first kappa shape index (κ1) is 24.5. The molecule has 3 aromatic rings. The number of guanidine groups is 1. The summed E-state index contributed by atoms with van der Waals surface area (Å²) in [6.45, 7) is 3.47. The molecular weight excluding hydrogens is 546 g/mol. The number of hydrogen-bond acceptors (Lipinski definition) is 5. The molecule has 0 atom stereocenters. The van der Waals surface area contributed by atoms with Gasteiger partial charge in [-0.2, -0.15) is 13.2 Å². The van der Waals surface area contributed by atoms with Gasteiger partial charge >= 0.3 is 6.18 Å². The number of thiazole rings is 2. The molecule has 30 heavy (non-hydrogen) atoms. The van der Waals surface area contributed by atoms with E-state index >= 15 is 0 Å². The van der Waals surface area contributed by atoms with Gasteiger partial charge < -0.3 is 10.6 Å². The number of nitrogens with zero attached hydrogens (tertiary/aromatic N) is 3. The van der Waals surface area contributed by atoms with Crippen molar-refractivity contribution in [2.75, 3.05) is 13.1 Å². The molecule has 3 rings (SSSR count). The molecule has 2 N–H and O–H groups in total. The van der Waals surface area contributed by atoms with Gasteiger partial charge in [0.05, 0.1) is 17.2 Å². The van der Waals surface area contributed by atoms with Crippen molar-refractivity contribution in [1.82, 2.24) is 20.6 Å². The SMILES string of the molecule is CCNC(=NCc1csc(-c2ccccc2)n1)NCCc1nc(C(F)(F)F)cs1.I. The summed E-state index contributed by atoms with van der Waals surface area (Å²) in [6.07, 6.45) is -4.01. The zero-order chi connectivity index (χ0) is 20.7. The fourth-order valence-corrected chi connectivity index (χ4v) is 4.06. The number of rotatable bonds is 7. The Bertz CT molecular complexity index is 941. The molecule has 11 heteroatoms. The number of alkyl halides is 3. The van der Waals surface area contributed by atoms with E-state index in [2.05, 4.69) is 25.6 Å². The minimum absolute atomic E-state index is 0. The van der Waals surface area contributed by atoms with Gasteiger partial charge in [-0.3, -0.25) is 0 Å². The minimum Gasteiger partial charge on any atom is -0.357 e. The number of hydrogen-bond donors (Lipinski definition) is 2. The van der Waals surface area contributed by atoms with Crippen molar-refractivity contribution in [1.29, 1.82) is 0 Å². The number of aliphatic imine (C=N–C) groups is 1. The molecule has 0 amide bonds. The van der Waals surface area contributed by atoms with Crippen LogP contribution >= 0.6 is 46.7 Å². The largest absolute Gasteiger partial charge is 0.434 e. The molecule has 1 aromatic carbocycles. The lowest BCUT2D eigenvalue weighted by molar-refractivity contribution is -0.140. The fraction of sp³-hybridized carbons (Fsp3) is 0.316. The van der Waals surface area contributed by atoms with Gasteiger partial charge in [-0.15, -0.1) is 46.7 Å². The molecule has 0 fully saturated rings. The monoisotopic (exact) mass is 567 g/mol. The van der Waals surface area contributed by atoms with Crippen LogP contribution in [0.4, 0.5) is 13.2 Å². The molecule has 0 bridgehead atoms. The molecule has 0 aliphatic heterocycles. The van der Waals surface area contributed by atoms with Gasteiger partial charge in [-0.1, -0.05) is 30.3 Å². The first-order valence-electron chi connectivity index (χ1n) is 8.99. The molecule has 0 saturated carbocycles. The highest BCUT2D eigenvalue weighted by Gasteiger charge is 2.33. The lowest BCUT2D eigenvalue weighted by Gasteiger charge is -2.10. The zero-order valence-electron chi connectivity index (χ0n) is 16.1. The smallest absolute Gasteiger partial charge is 0.357 e. The van der Waals surface area contributed by atoms with Gasteiger partial charge in [-0.05, 0) is 6.92 Å². The number of benzene rings is 1. The first-order valence-corrected chi connectivity index (χ1v) is 10.7. The first-order chi connectivity index (χ1) is 14.0. The quantitative estimate of drug-likeness (QED) is 0.234. The maximum atomic E-state index is 12.6. The number of aromatic nitrogens is 2. The topological polar surface area (TPSA) is 62.2 Å². The van der Waals surface area contributed by atoms with Gasteiger partial charge in [0.2, 0.25) is 0 Å². The third-order valence-electron chi connectivity index (χ3n) is 3.79.